The zero-order valence-electron chi connectivity index (χ0n) is 73.4. The maximum atomic E-state index is 14.6. The molecule has 0 radical (unpaired) electrons. The summed E-state index contributed by atoms with van der Waals surface area (Å²) >= 11 is 12.8. The second-order valence-electron chi connectivity index (χ2n) is 31.2. The third-order valence-electron chi connectivity index (χ3n) is 22.0. The number of hydrogen-bond donors (Lipinski definition) is 15. The number of nitrogens with one attached hydrogen (secondary N) is 10. The summed E-state index contributed by atoms with van der Waals surface area (Å²) in [4.78, 5) is 169. The van der Waals surface area contributed by atoms with E-state index in [0.29, 0.717) is 136 Å². The molecule has 0 aliphatic heterocycles. The molecule has 0 aliphatic rings. The number of aryl methyl sites for hydroxylation is 1. The van der Waals surface area contributed by atoms with Crippen LogP contribution in [0.25, 0.3) is 170 Å². The molecule has 0 amide bonds. The average molecular weight is 1950 g/mol. The summed E-state index contributed by atoms with van der Waals surface area (Å²) in [6.45, 7) is 3.68. The standard InChI is InChI=1S/2C22H17N3O3.2C21H14ClN3O3.C21H14FN3O3.3CH4/c1-13-16(8-5-9-17(13)22(27)28)20-19(15-10-11-23-18(26)12-15)24-21(25-20)14-6-3-2-4-7-14;1-13-7-8-16(22(27)28)11-17(13)20-19(15-9-10-23-18(26)12-15)24-21(25-20)14-5-3-2-4-6-14;22-17-14(7-4-8-15(17)21(27)28)19-18(13-9-10-23-16(26)11-13)24-20(25-19)12-5-2-1-3-6-12;2*22-16-7-6-14(21(27)28)10-15(16)19-18(13-8-9-23-17(26)11-13)24-20(25-19)12-4-2-1-3-5-12;;;/h2*2-12H,1H3,(H,23,26)(H,24,25)(H,27,28);3*1-11H,(H,23,26)(H,24,25)(H,27,28);3*1H4. The van der Waals surface area contributed by atoms with Gasteiger partial charge in [0.05, 0.1) is 94.8 Å². The zero-order valence-corrected chi connectivity index (χ0v) is 75.0. The highest BCUT2D eigenvalue weighted by molar-refractivity contribution is 6.36. The Morgan fingerprint density at radius 3 is 0.846 bits per heavy atom. The number of pyridine rings is 5. The predicted octanol–water partition coefficient (Wildman–Crippen LogP) is 23.0. The molecule has 20 aromatic rings. The predicted molar refractivity (Wildman–Crippen MR) is 552 cm³/mol. The van der Waals surface area contributed by atoms with Crippen LogP contribution < -0.4 is 27.8 Å². The van der Waals surface area contributed by atoms with Gasteiger partial charge in [0, 0.05) is 145 Å². The first-order valence-electron chi connectivity index (χ1n) is 42.7. The summed E-state index contributed by atoms with van der Waals surface area (Å²) in [7, 11) is 0. The number of rotatable bonds is 20. The topological polar surface area (TPSA) is 494 Å². The lowest BCUT2D eigenvalue weighted by Gasteiger charge is -2.09. The molecule has 10 aromatic heterocycles. The third-order valence-corrected chi connectivity index (χ3v) is 22.8. The van der Waals surface area contributed by atoms with Crippen molar-refractivity contribution in [1.82, 2.24) is 74.8 Å². The summed E-state index contributed by atoms with van der Waals surface area (Å²) in [5.41, 5.74) is 15.7. The lowest BCUT2D eigenvalue weighted by molar-refractivity contribution is 0.0685. The monoisotopic (exact) mass is 1950 g/mol. The van der Waals surface area contributed by atoms with Gasteiger partial charge >= 0.3 is 29.8 Å². The number of imidazole rings is 5. The highest BCUT2D eigenvalue weighted by atomic mass is 35.5. The number of carbonyl (C=O) groups is 5. The summed E-state index contributed by atoms with van der Waals surface area (Å²) in [5, 5.41) is 47.3. The molecule has 0 fully saturated rings. The molecule has 0 bridgehead atoms. The molecule has 0 atom stereocenters. The van der Waals surface area contributed by atoms with Gasteiger partial charge in [-0.3, -0.25) is 24.0 Å². The maximum Gasteiger partial charge on any atom is 0.337 e. The third kappa shape index (κ3) is 23.2. The van der Waals surface area contributed by atoms with E-state index in [1.807, 2.05) is 165 Å². The van der Waals surface area contributed by atoms with Gasteiger partial charge in [0.1, 0.15) is 34.9 Å². The first kappa shape index (κ1) is 101. The summed E-state index contributed by atoms with van der Waals surface area (Å²) in [5.74, 6) is -2.98. The molecule has 10 heterocycles. The minimum Gasteiger partial charge on any atom is -0.478 e. The first-order chi connectivity index (χ1) is 67.7. The van der Waals surface area contributed by atoms with Crippen LogP contribution in [0.3, 0.4) is 0 Å². The number of aromatic carboxylic acids is 5. The molecule has 0 spiro atoms. The molecule has 0 saturated heterocycles. The minimum absolute atomic E-state index is 0. The van der Waals surface area contributed by atoms with E-state index >= 15 is 0 Å². The number of carboxylic acids is 5. The van der Waals surface area contributed by atoms with E-state index in [0.717, 1.165) is 50.6 Å². The second kappa shape index (κ2) is 45.2. The summed E-state index contributed by atoms with van der Waals surface area (Å²) in [6.07, 6.45) is 7.68. The summed E-state index contributed by atoms with van der Waals surface area (Å²) in [6, 6.07) is 86.1. The van der Waals surface area contributed by atoms with E-state index in [1.54, 1.807) is 92.1 Å². The Bertz CT molecular complexity index is 7420. The number of aromatic amines is 10. The van der Waals surface area contributed by atoms with Crippen molar-refractivity contribution in [2.75, 3.05) is 0 Å². The van der Waals surface area contributed by atoms with E-state index in [4.69, 9.17) is 33.2 Å². The fourth-order valence-corrected chi connectivity index (χ4v) is 15.8. The van der Waals surface area contributed by atoms with Crippen molar-refractivity contribution in [1.29, 1.82) is 0 Å². The maximum absolute atomic E-state index is 14.6. The van der Waals surface area contributed by atoms with Crippen LogP contribution in [0, 0.1) is 19.7 Å². The van der Waals surface area contributed by atoms with Crippen molar-refractivity contribution in [2.24, 2.45) is 0 Å². The Kier molecular flexibility index (Phi) is 32.0. The Morgan fingerprint density at radius 2 is 0.531 bits per heavy atom. The van der Waals surface area contributed by atoms with E-state index < -0.39 is 35.7 Å². The average Bonchev–Trinajstić information content (AvgIpc) is 1.66. The zero-order chi connectivity index (χ0) is 98.4. The van der Waals surface area contributed by atoms with Crippen LogP contribution >= 0.6 is 23.2 Å². The van der Waals surface area contributed by atoms with Gasteiger partial charge in [-0.15, -0.1) is 0 Å². The van der Waals surface area contributed by atoms with Gasteiger partial charge in [-0.2, -0.15) is 0 Å². The largest absolute Gasteiger partial charge is 0.478 e. The van der Waals surface area contributed by atoms with Crippen molar-refractivity contribution >= 4 is 53.0 Å². The molecule has 33 heteroatoms. The molecular weight excluding hydrogens is 1860 g/mol. The van der Waals surface area contributed by atoms with Crippen molar-refractivity contribution < 1.29 is 53.9 Å². The van der Waals surface area contributed by atoms with E-state index in [9.17, 15) is 77.9 Å². The Hall–Kier alpha value is -19.1. The van der Waals surface area contributed by atoms with Crippen molar-refractivity contribution in [3.05, 3.63) is 441 Å². The van der Waals surface area contributed by atoms with Crippen LogP contribution in [0.1, 0.15) is 85.2 Å². The lowest BCUT2D eigenvalue weighted by atomic mass is 9.97. The Morgan fingerprint density at radius 1 is 0.266 bits per heavy atom. The van der Waals surface area contributed by atoms with Crippen molar-refractivity contribution in [2.45, 2.75) is 36.1 Å². The quantitative estimate of drug-likeness (QED) is 0.0337. The van der Waals surface area contributed by atoms with E-state index in [-0.39, 0.29) is 88.5 Å². The number of halogens is 3. The fourth-order valence-electron chi connectivity index (χ4n) is 15.3. The van der Waals surface area contributed by atoms with Crippen molar-refractivity contribution in [3.63, 3.8) is 0 Å². The van der Waals surface area contributed by atoms with Gasteiger partial charge in [0.25, 0.3) is 0 Å². The van der Waals surface area contributed by atoms with Gasteiger partial charge in [0.15, 0.2) is 0 Å². The number of carboxylic acid groups (broad SMARTS) is 5. The van der Waals surface area contributed by atoms with Crippen LogP contribution in [0.4, 0.5) is 4.39 Å². The van der Waals surface area contributed by atoms with E-state index in [2.05, 4.69) is 64.8 Å². The van der Waals surface area contributed by atoms with Gasteiger partial charge in [-0.05, 0) is 116 Å². The number of nitrogens with zero attached hydrogens (tertiary/aromatic N) is 5. The first-order valence-corrected chi connectivity index (χ1v) is 43.4. The second-order valence-corrected chi connectivity index (χ2v) is 32.0. The summed E-state index contributed by atoms with van der Waals surface area (Å²) < 4.78 is 14.6. The van der Waals surface area contributed by atoms with Crippen LogP contribution in [0.5, 0.6) is 0 Å². The molecule has 143 heavy (non-hydrogen) atoms. The molecule has 714 valence electrons. The van der Waals surface area contributed by atoms with Gasteiger partial charge in [-0.25, -0.2) is 53.3 Å². The van der Waals surface area contributed by atoms with Crippen LogP contribution in [-0.4, -0.2) is 130 Å². The number of hydrogen-bond acceptors (Lipinski definition) is 15. The number of benzene rings is 10. The lowest BCUT2D eigenvalue weighted by Crippen LogP contribution is -2.03. The van der Waals surface area contributed by atoms with Crippen LogP contribution in [0.15, 0.2) is 358 Å². The molecule has 0 aliphatic carbocycles. The smallest absolute Gasteiger partial charge is 0.337 e. The van der Waals surface area contributed by atoms with Crippen LogP contribution in [-0.2, 0) is 0 Å². The van der Waals surface area contributed by atoms with Crippen molar-refractivity contribution in [3.8, 4) is 170 Å². The number of H-pyrrole nitrogens is 10. The molecule has 0 saturated carbocycles. The fraction of sp³-hybridized carbons (Fsp3) is 0.0455. The normalized spacial score (nSPS) is 10.5. The minimum atomic E-state index is -1.17. The molecule has 30 nitrogen and oxygen atoms in total. The molecule has 10 aromatic carbocycles. The Balaban J connectivity index is 0.000000149. The SMILES string of the molecule is C.C.C.Cc1c(C(=O)O)cccc1-c1[nH]c(-c2ccccc2)nc1-c1cc[nH]c(=O)c1.Cc1ccc(C(=O)O)cc1-c1[nH]c(-c2ccccc2)nc1-c1cc[nH]c(=O)c1.O=C(O)c1ccc(Cl)c(-c2[nH]c(-c3ccccc3)nc2-c2cc[nH]c(=O)c2)c1.O=C(O)c1ccc(F)c(-c2[nH]c(-c3ccccc3)nc2-c2cc[nH]c(=O)c2)c1.O=C(O)c1cccc(-c2[nH]c(-c3ccccc3)nc2-c2cc[nH]c(=O)c2)c1Cl. The van der Waals surface area contributed by atoms with E-state index in [1.165, 1.54) is 85.3 Å². The number of aromatic nitrogens is 15. The molecular formula is C110H88Cl2FN15O15. The molecule has 0 unspecified atom stereocenters. The Labute approximate surface area is 823 Å². The van der Waals surface area contributed by atoms with Gasteiger partial charge < -0.3 is 75.4 Å². The van der Waals surface area contributed by atoms with Crippen LogP contribution in [0.2, 0.25) is 10.0 Å². The van der Waals surface area contributed by atoms with Gasteiger partial charge in [-0.1, -0.05) is 227 Å². The highest BCUT2D eigenvalue weighted by Crippen LogP contribution is 2.43. The highest BCUT2D eigenvalue weighted by Gasteiger charge is 2.27. The van der Waals surface area contributed by atoms with Gasteiger partial charge in [0.2, 0.25) is 27.8 Å². The molecule has 20 rings (SSSR count). The molecule has 15 N–H and O–H groups in total.